The summed E-state index contributed by atoms with van der Waals surface area (Å²) in [6.45, 7) is 2.13. The number of Topliss-reactive ketones (excluding diaryl/α,β-unsaturated/α-hetero) is 1. The quantitative estimate of drug-likeness (QED) is 0.299. The van der Waals surface area contributed by atoms with Crippen molar-refractivity contribution in [1.82, 2.24) is 4.90 Å². The molecule has 10 nitrogen and oxygen atoms in total. The minimum Gasteiger partial charge on any atom is -0.510 e. The van der Waals surface area contributed by atoms with Gasteiger partial charge in [-0.15, -0.1) is 0 Å². The van der Waals surface area contributed by atoms with Crippen LogP contribution >= 0.6 is 0 Å². The highest BCUT2D eigenvalue weighted by Crippen LogP contribution is 2.41. The van der Waals surface area contributed by atoms with Gasteiger partial charge in [0, 0.05) is 31.4 Å². The number of aliphatic hydroxyl groups excluding tert-OH is 3. The number of carbonyl (C=O) groups excluding carboxylic acids is 3. The van der Waals surface area contributed by atoms with Gasteiger partial charge in [0.15, 0.2) is 11.9 Å². The highest BCUT2D eigenvalue weighted by molar-refractivity contribution is 6.21. The van der Waals surface area contributed by atoms with E-state index in [-0.39, 0.29) is 11.3 Å². The van der Waals surface area contributed by atoms with E-state index >= 15 is 0 Å². The number of phenolic OH excluding ortho intramolecular Hbond substituents is 1. The number of primary amides is 1. The molecule has 0 aliphatic heterocycles. The van der Waals surface area contributed by atoms with Crippen molar-refractivity contribution in [1.29, 1.82) is 0 Å². The van der Waals surface area contributed by atoms with E-state index in [1.54, 1.807) is 19.0 Å². The lowest BCUT2D eigenvalue weighted by molar-refractivity contribution is -0.126. The van der Waals surface area contributed by atoms with Crippen LogP contribution in [-0.4, -0.2) is 83.1 Å². The van der Waals surface area contributed by atoms with E-state index in [1.807, 2.05) is 49.3 Å². The van der Waals surface area contributed by atoms with Crippen LogP contribution in [-0.2, 0) is 22.4 Å². The Hall–Kier alpha value is -4.15. The topological polar surface area (TPSA) is 165 Å². The monoisotopic (exact) mass is 593 g/mol. The van der Waals surface area contributed by atoms with Gasteiger partial charge in [-0.1, -0.05) is 44.0 Å². The van der Waals surface area contributed by atoms with E-state index in [4.69, 9.17) is 5.73 Å². The Balaban J connectivity index is 2.23. The molecule has 0 spiro atoms. The van der Waals surface area contributed by atoms with Gasteiger partial charge in [0.05, 0.1) is 11.6 Å². The molecule has 6 N–H and O–H groups in total. The van der Waals surface area contributed by atoms with Crippen LogP contribution in [0.15, 0.2) is 53.5 Å². The van der Waals surface area contributed by atoms with E-state index in [0.29, 0.717) is 54.1 Å². The van der Waals surface area contributed by atoms with Crippen molar-refractivity contribution in [2.24, 2.45) is 5.73 Å². The first-order valence-corrected chi connectivity index (χ1v) is 14.5. The van der Waals surface area contributed by atoms with Crippen molar-refractivity contribution in [3.05, 3.63) is 70.2 Å². The van der Waals surface area contributed by atoms with E-state index in [1.165, 1.54) is 0 Å². The Morgan fingerprint density at radius 2 is 1.67 bits per heavy atom. The molecule has 3 rings (SSSR count). The zero-order chi connectivity index (χ0) is 32.0. The van der Waals surface area contributed by atoms with Gasteiger partial charge >= 0.3 is 0 Å². The minimum atomic E-state index is -2.35. The number of nitrogens with zero attached hydrogens (tertiary/aromatic N) is 2. The molecular formula is C33H43N3O7. The number of fused-ring (bicyclic) bond motifs is 1. The maximum Gasteiger partial charge on any atom is 0.255 e. The molecule has 0 aromatic heterocycles. The molecule has 1 aliphatic rings. The number of anilines is 1. The lowest BCUT2D eigenvalue weighted by atomic mass is 9.88. The van der Waals surface area contributed by atoms with Gasteiger partial charge in [0.1, 0.15) is 22.8 Å². The van der Waals surface area contributed by atoms with Gasteiger partial charge in [0.2, 0.25) is 5.78 Å². The molecule has 0 fully saturated rings. The predicted molar refractivity (Wildman–Crippen MR) is 166 cm³/mol. The average Bonchev–Trinajstić information content (AvgIpc) is 2.94. The van der Waals surface area contributed by atoms with Crippen LogP contribution in [0.2, 0.25) is 0 Å². The molecule has 0 bridgehead atoms. The highest BCUT2D eigenvalue weighted by atomic mass is 16.3. The number of unbranched alkanes of at least 4 members (excludes halogenated alkanes) is 1. The van der Waals surface area contributed by atoms with Crippen LogP contribution in [0.1, 0.15) is 60.5 Å². The lowest BCUT2D eigenvalue weighted by Crippen LogP contribution is -2.37. The number of likely N-dealkylation sites (N-methyl/N-ethyl adjacent to an activating group) is 1. The first-order chi connectivity index (χ1) is 20.3. The molecule has 0 radical (unpaired) electrons. The highest BCUT2D eigenvalue weighted by Gasteiger charge is 2.34. The van der Waals surface area contributed by atoms with E-state index in [9.17, 15) is 34.8 Å². The SMILES string of the molecule is CCCCc1ccc(-c2cc(N(C)C)c3c(c2O)C(=O)/C=C(\O)[C@H](O)C(=O)/C(C(N)=O)=C(/O)[C@@H](N(C)C)CCCC3)cc1. The molecule has 1 aliphatic carbocycles. The molecule has 1 amide bonds. The first kappa shape index (κ1) is 33.4. The number of ketones is 2. The molecule has 2 atom stereocenters. The summed E-state index contributed by atoms with van der Waals surface area (Å²) >= 11 is 0. The summed E-state index contributed by atoms with van der Waals surface area (Å²) in [6.07, 6.45) is 3.08. The van der Waals surface area contributed by atoms with Gasteiger partial charge in [-0.2, -0.15) is 0 Å². The van der Waals surface area contributed by atoms with Crippen LogP contribution in [0, 0.1) is 0 Å². The number of aromatic hydroxyl groups is 1. The van der Waals surface area contributed by atoms with Crippen LogP contribution in [0.4, 0.5) is 5.69 Å². The average molecular weight is 594 g/mol. The van der Waals surface area contributed by atoms with Crippen molar-refractivity contribution in [3.8, 4) is 16.9 Å². The fourth-order valence-electron chi connectivity index (χ4n) is 5.44. The molecule has 43 heavy (non-hydrogen) atoms. The summed E-state index contributed by atoms with van der Waals surface area (Å²) in [5.41, 5.74) is 7.99. The largest absolute Gasteiger partial charge is 0.510 e. The molecule has 0 saturated heterocycles. The number of aliphatic hydroxyl groups is 3. The Labute approximate surface area is 252 Å². The van der Waals surface area contributed by atoms with Crippen molar-refractivity contribution in [2.45, 2.75) is 64.0 Å². The van der Waals surface area contributed by atoms with E-state index in [2.05, 4.69) is 6.92 Å². The number of benzene rings is 2. The molecule has 0 unspecified atom stereocenters. The van der Waals surface area contributed by atoms with Crippen LogP contribution in [0.25, 0.3) is 11.1 Å². The molecule has 10 heteroatoms. The second-order valence-electron chi connectivity index (χ2n) is 11.4. The Kier molecular flexibility index (Phi) is 11.1. The normalized spacial score (nSPS) is 21.6. The second kappa shape index (κ2) is 14.3. The zero-order valence-corrected chi connectivity index (χ0v) is 25.6. The predicted octanol–water partition coefficient (Wildman–Crippen LogP) is 3.98. The van der Waals surface area contributed by atoms with Crippen LogP contribution in [0.5, 0.6) is 5.75 Å². The minimum absolute atomic E-state index is 0.0582. The fraction of sp³-hybridized carbons (Fsp3) is 0.424. The molecule has 0 saturated carbocycles. The summed E-state index contributed by atoms with van der Waals surface area (Å²) in [7, 11) is 6.97. The number of hydrogen-bond donors (Lipinski definition) is 5. The summed E-state index contributed by atoms with van der Waals surface area (Å²) in [6, 6.07) is 8.80. The number of hydrogen-bond acceptors (Lipinski definition) is 9. The maximum atomic E-state index is 13.7. The Morgan fingerprint density at radius 1 is 1.02 bits per heavy atom. The summed E-state index contributed by atoms with van der Waals surface area (Å²) in [4.78, 5) is 42.5. The number of carbonyl (C=O) groups is 3. The number of amides is 1. The van der Waals surface area contributed by atoms with Gasteiger partial charge in [-0.25, -0.2) is 0 Å². The third kappa shape index (κ3) is 7.44. The maximum absolute atomic E-state index is 13.7. The third-order valence-corrected chi connectivity index (χ3v) is 7.85. The van der Waals surface area contributed by atoms with E-state index < -0.39 is 46.7 Å². The van der Waals surface area contributed by atoms with Crippen LogP contribution in [0.3, 0.4) is 0 Å². The van der Waals surface area contributed by atoms with Gasteiger partial charge in [-0.3, -0.25) is 19.3 Å². The van der Waals surface area contributed by atoms with Crippen LogP contribution < -0.4 is 10.6 Å². The molecule has 2 aromatic rings. The first-order valence-electron chi connectivity index (χ1n) is 14.5. The van der Waals surface area contributed by atoms with Crippen molar-refractivity contribution in [2.75, 3.05) is 33.1 Å². The van der Waals surface area contributed by atoms with Gasteiger partial charge in [0.25, 0.3) is 5.91 Å². The number of nitrogens with two attached hydrogens (primary N) is 1. The standard InChI is InChI=1S/C33H43N3O7/c1-6-7-10-19-13-15-20(16-14-19)22-17-24(36(4)5)21-11-8-9-12-23(35(2)3)30(40)28(33(34)43)32(42)31(41)26(38)18-25(37)27(21)29(22)39/h13-18,23,31,38-41H,6-12H2,1-5H3,(H2,34,43)/b26-18-,30-28-/t23-,31-/m0/s1. The molecule has 0 heterocycles. The summed E-state index contributed by atoms with van der Waals surface area (Å²) in [5.74, 6) is -5.41. The number of phenols is 1. The molecular weight excluding hydrogens is 550 g/mol. The zero-order valence-electron chi connectivity index (χ0n) is 25.6. The summed E-state index contributed by atoms with van der Waals surface area (Å²) in [5, 5.41) is 43.8. The van der Waals surface area contributed by atoms with Gasteiger partial charge < -0.3 is 31.1 Å². The van der Waals surface area contributed by atoms with Gasteiger partial charge in [-0.05, 0) is 69.0 Å². The lowest BCUT2D eigenvalue weighted by Gasteiger charge is -2.26. The van der Waals surface area contributed by atoms with Crippen molar-refractivity contribution < 1.29 is 34.8 Å². The molecule has 2 aromatic carbocycles. The second-order valence-corrected chi connectivity index (χ2v) is 11.4. The van der Waals surface area contributed by atoms with Crippen molar-refractivity contribution >= 4 is 23.2 Å². The smallest absolute Gasteiger partial charge is 0.255 e. The Bertz CT molecular complexity index is 1420. The third-order valence-electron chi connectivity index (χ3n) is 7.85. The Morgan fingerprint density at radius 3 is 2.23 bits per heavy atom. The number of rotatable bonds is 7. The van der Waals surface area contributed by atoms with E-state index in [0.717, 1.165) is 24.8 Å². The molecule has 232 valence electrons. The number of aryl methyl sites for hydroxylation is 1. The van der Waals surface area contributed by atoms with Crippen molar-refractivity contribution in [3.63, 3.8) is 0 Å². The summed E-state index contributed by atoms with van der Waals surface area (Å²) < 4.78 is 0. The number of allylic oxidation sites excluding steroid dienone is 1. The fourth-order valence-corrected chi connectivity index (χ4v) is 5.44.